The molecule has 4 aromatic rings. The van der Waals surface area contributed by atoms with Crippen molar-refractivity contribution in [2.75, 3.05) is 18.9 Å². The van der Waals surface area contributed by atoms with Crippen molar-refractivity contribution in [3.05, 3.63) is 72.6 Å². The Labute approximate surface area is 191 Å². The zero-order valence-corrected chi connectivity index (χ0v) is 18.4. The van der Waals surface area contributed by atoms with Crippen molar-refractivity contribution in [1.29, 1.82) is 0 Å². The third-order valence-corrected chi connectivity index (χ3v) is 5.93. The number of benzene rings is 2. The van der Waals surface area contributed by atoms with Crippen LogP contribution in [0.25, 0.3) is 28.2 Å². The topological polar surface area (TPSA) is 88.4 Å². The number of Topliss-reactive ketones (excluding diaryl/α,β-unsaturated/α-hetero) is 1. The number of anilines is 1. The average Bonchev–Trinajstić information content (AvgIpc) is 3.57. The molecule has 2 heterocycles. The Hall–Kier alpha value is -4.00. The maximum Gasteiger partial charge on any atom is 0.239 e. The quantitative estimate of drug-likeness (QED) is 0.402. The van der Waals surface area contributed by atoms with Crippen molar-refractivity contribution in [3.63, 3.8) is 0 Å². The van der Waals surface area contributed by atoms with Crippen molar-refractivity contribution >= 4 is 23.2 Å². The first-order valence-corrected chi connectivity index (χ1v) is 11.1. The number of aromatic nitrogens is 3. The highest BCUT2D eigenvalue weighted by Gasteiger charge is 2.25. The van der Waals surface area contributed by atoms with Gasteiger partial charge in [0, 0.05) is 36.4 Å². The van der Waals surface area contributed by atoms with Gasteiger partial charge in [0.25, 0.3) is 0 Å². The van der Waals surface area contributed by atoms with Gasteiger partial charge in [0.1, 0.15) is 0 Å². The van der Waals surface area contributed by atoms with E-state index in [9.17, 15) is 9.59 Å². The number of ketones is 1. The second-order valence-electron chi connectivity index (χ2n) is 8.35. The molecule has 1 amide bonds. The standard InChI is InChI=1S/C26H25N5O2/c1-27-24(33)15-28-25-26-29-14-22(31(26)16-21(30-25)18-5-3-2-4-6-18)19-9-11-20(12-10-19)23(32)13-17-7-8-17/h2-6,9-12,14,16-17H,7-8,13,15H2,1H3,(H,27,33)(H,28,30). The number of nitrogens with one attached hydrogen (secondary N) is 2. The number of carbonyl (C=O) groups excluding carboxylic acids is 2. The van der Waals surface area contributed by atoms with Gasteiger partial charge in [-0.25, -0.2) is 9.97 Å². The number of hydrogen-bond acceptors (Lipinski definition) is 5. The number of hydrogen-bond donors (Lipinski definition) is 2. The number of likely N-dealkylation sites (N-methyl/N-ethyl adjacent to an activating group) is 1. The third kappa shape index (κ3) is 4.48. The van der Waals surface area contributed by atoms with Crippen LogP contribution >= 0.6 is 0 Å². The van der Waals surface area contributed by atoms with E-state index in [2.05, 4.69) is 15.6 Å². The molecule has 0 unspecified atom stereocenters. The minimum Gasteiger partial charge on any atom is -0.358 e. The van der Waals surface area contributed by atoms with Crippen LogP contribution in [0.15, 0.2) is 67.0 Å². The monoisotopic (exact) mass is 439 g/mol. The molecule has 0 saturated heterocycles. The first kappa shape index (κ1) is 20.9. The predicted molar refractivity (Wildman–Crippen MR) is 128 cm³/mol. The second kappa shape index (κ2) is 8.86. The van der Waals surface area contributed by atoms with Crippen LogP contribution in [0.2, 0.25) is 0 Å². The fourth-order valence-corrected chi connectivity index (χ4v) is 3.85. The van der Waals surface area contributed by atoms with Crippen molar-refractivity contribution in [2.45, 2.75) is 19.3 Å². The lowest BCUT2D eigenvalue weighted by Gasteiger charge is -2.11. The van der Waals surface area contributed by atoms with Crippen molar-refractivity contribution < 1.29 is 9.59 Å². The Bertz CT molecular complexity index is 1310. The molecule has 2 aromatic carbocycles. The van der Waals surface area contributed by atoms with Crippen molar-refractivity contribution in [3.8, 4) is 22.5 Å². The molecule has 0 bridgehead atoms. The summed E-state index contributed by atoms with van der Waals surface area (Å²) in [4.78, 5) is 33.6. The number of amides is 1. The summed E-state index contributed by atoms with van der Waals surface area (Å²) in [7, 11) is 1.60. The molecule has 2 N–H and O–H groups in total. The van der Waals surface area contributed by atoms with Crippen molar-refractivity contribution in [1.82, 2.24) is 19.7 Å². The minimum atomic E-state index is -0.140. The van der Waals surface area contributed by atoms with Crippen LogP contribution in [-0.2, 0) is 4.79 Å². The fraction of sp³-hybridized carbons (Fsp3) is 0.231. The van der Waals surface area contributed by atoms with Gasteiger partial charge in [-0.15, -0.1) is 0 Å². The zero-order chi connectivity index (χ0) is 22.8. The van der Waals surface area contributed by atoms with Gasteiger partial charge in [0.2, 0.25) is 5.91 Å². The smallest absolute Gasteiger partial charge is 0.239 e. The molecule has 1 fully saturated rings. The molecule has 33 heavy (non-hydrogen) atoms. The molecular weight excluding hydrogens is 414 g/mol. The van der Waals surface area contributed by atoms with Crippen LogP contribution in [-0.4, -0.2) is 39.7 Å². The van der Waals surface area contributed by atoms with E-state index in [-0.39, 0.29) is 18.2 Å². The summed E-state index contributed by atoms with van der Waals surface area (Å²) < 4.78 is 1.97. The molecule has 0 radical (unpaired) electrons. The number of rotatable bonds is 8. The summed E-state index contributed by atoms with van der Waals surface area (Å²) in [5, 5.41) is 5.72. The average molecular weight is 440 g/mol. The highest BCUT2D eigenvalue weighted by atomic mass is 16.1. The normalized spacial score (nSPS) is 13.1. The summed E-state index contributed by atoms with van der Waals surface area (Å²) >= 11 is 0. The van der Waals surface area contributed by atoms with E-state index < -0.39 is 0 Å². The Morgan fingerprint density at radius 3 is 2.48 bits per heavy atom. The van der Waals surface area contributed by atoms with Gasteiger partial charge in [0.05, 0.1) is 24.1 Å². The Morgan fingerprint density at radius 2 is 1.79 bits per heavy atom. The van der Waals surface area contributed by atoms with Gasteiger partial charge in [-0.2, -0.15) is 0 Å². The predicted octanol–water partition coefficient (Wildman–Crippen LogP) is 4.20. The summed E-state index contributed by atoms with van der Waals surface area (Å²) in [6.07, 6.45) is 6.71. The lowest BCUT2D eigenvalue weighted by Crippen LogP contribution is -2.26. The van der Waals surface area contributed by atoms with Gasteiger partial charge in [-0.05, 0) is 18.8 Å². The molecule has 0 spiro atoms. The molecule has 1 saturated carbocycles. The summed E-state index contributed by atoms with van der Waals surface area (Å²) in [6, 6.07) is 17.6. The van der Waals surface area contributed by atoms with Crippen LogP contribution in [0.4, 0.5) is 5.82 Å². The second-order valence-corrected chi connectivity index (χ2v) is 8.35. The number of fused-ring (bicyclic) bond motifs is 1. The van der Waals surface area contributed by atoms with E-state index in [1.165, 1.54) is 12.8 Å². The van der Waals surface area contributed by atoms with Gasteiger partial charge in [-0.3, -0.25) is 14.0 Å². The molecule has 7 heteroatoms. The molecule has 0 aliphatic heterocycles. The minimum absolute atomic E-state index is 0.0946. The number of carbonyl (C=O) groups is 2. The molecule has 1 aliphatic rings. The van der Waals surface area contributed by atoms with E-state index in [4.69, 9.17) is 4.98 Å². The van der Waals surface area contributed by atoms with Gasteiger partial charge in [0.15, 0.2) is 17.2 Å². The van der Waals surface area contributed by atoms with Crippen LogP contribution in [0.1, 0.15) is 29.6 Å². The van der Waals surface area contributed by atoms with Gasteiger partial charge >= 0.3 is 0 Å². The van der Waals surface area contributed by atoms with Gasteiger partial charge in [-0.1, -0.05) is 54.6 Å². The Balaban J connectivity index is 1.53. The largest absolute Gasteiger partial charge is 0.358 e. The molecule has 2 aromatic heterocycles. The van der Waals surface area contributed by atoms with E-state index in [0.717, 1.165) is 28.1 Å². The molecule has 0 atom stereocenters. The lowest BCUT2D eigenvalue weighted by atomic mass is 10.0. The molecule has 5 rings (SSSR count). The maximum atomic E-state index is 12.4. The molecule has 1 aliphatic carbocycles. The Kier molecular flexibility index (Phi) is 5.60. The summed E-state index contributed by atoms with van der Waals surface area (Å²) in [5.41, 5.74) is 4.93. The SMILES string of the molecule is CNC(=O)CNc1nc(-c2ccccc2)cn2c(-c3ccc(C(=O)CC4CC4)cc3)cnc12. The van der Waals surface area contributed by atoms with E-state index in [1.807, 2.05) is 65.2 Å². The zero-order valence-electron chi connectivity index (χ0n) is 18.4. The summed E-state index contributed by atoms with van der Waals surface area (Å²) in [6.45, 7) is 0.0946. The molecule has 7 nitrogen and oxygen atoms in total. The Morgan fingerprint density at radius 1 is 1.03 bits per heavy atom. The highest BCUT2D eigenvalue weighted by Crippen LogP contribution is 2.34. The first-order chi connectivity index (χ1) is 16.1. The van der Waals surface area contributed by atoms with Gasteiger partial charge < -0.3 is 10.6 Å². The number of nitrogens with zero attached hydrogens (tertiary/aromatic N) is 3. The van der Waals surface area contributed by atoms with E-state index >= 15 is 0 Å². The highest BCUT2D eigenvalue weighted by molar-refractivity contribution is 5.96. The van der Waals surface area contributed by atoms with E-state index in [0.29, 0.717) is 23.8 Å². The first-order valence-electron chi connectivity index (χ1n) is 11.1. The maximum absolute atomic E-state index is 12.4. The number of imidazole rings is 1. The van der Waals surface area contributed by atoms with Crippen LogP contribution in [0, 0.1) is 5.92 Å². The van der Waals surface area contributed by atoms with Crippen molar-refractivity contribution in [2.24, 2.45) is 5.92 Å². The van der Waals surface area contributed by atoms with Crippen LogP contribution in [0.5, 0.6) is 0 Å². The molecule has 166 valence electrons. The fourth-order valence-electron chi connectivity index (χ4n) is 3.85. The summed E-state index contributed by atoms with van der Waals surface area (Å²) in [5.74, 6) is 1.17. The third-order valence-electron chi connectivity index (χ3n) is 5.93. The van der Waals surface area contributed by atoms with Crippen LogP contribution < -0.4 is 10.6 Å². The molecular formula is C26H25N5O2. The van der Waals surface area contributed by atoms with Crippen LogP contribution in [0.3, 0.4) is 0 Å². The van der Waals surface area contributed by atoms with E-state index in [1.54, 1.807) is 13.2 Å². The lowest BCUT2D eigenvalue weighted by molar-refractivity contribution is -0.118.